The molecular weight excluding hydrogens is 475 g/mol. The van der Waals surface area contributed by atoms with Gasteiger partial charge in [-0.1, -0.05) is 62.2 Å². The molecule has 1 heterocycles. The Bertz CT molecular complexity index is 1080. The molecule has 0 saturated carbocycles. The second-order valence-electron chi connectivity index (χ2n) is 8.07. The highest BCUT2D eigenvalue weighted by Gasteiger charge is 2.46. The first-order valence-electron chi connectivity index (χ1n) is 11.5. The summed E-state index contributed by atoms with van der Waals surface area (Å²) in [6, 6.07) is 11.1. The van der Waals surface area contributed by atoms with Crippen molar-refractivity contribution in [1.82, 2.24) is 9.80 Å². The zero-order valence-electron chi connectivity index (χ0n) is 19.7. The average molecular weight is 505 g/mol. The fraction of sp³-hybridized carbons (Fsp3) is 0.385. The van der Waals surface area contributed by atoms with Gasteiger partial charge in [0.05, 0.1) is 28.3 Å². The third-order valence-electron chi connectivity index (χ3n) is 5.93. The summed E-state index contributed by atoms with van der Waals surface area (Å²) in [5, 5.41) is 11.9. The number of hydrogen-bond donors (Lipinski definition) is 1. The molecule has 0 radical (unpaired) electrons. The van der Waals surface area contributed by atoms with Crippen molar-refractivity contribution in [2.45, 2.75) is 33.2 Å². The van der Waals surface area contributed by atoms with E-state index in [0.29, 0.717) is 46.6 Å². The van der Waals surface area contributed by atoms with Gasteiger partial charge in [0.25, 0.3) is 11.7 Å². The fourth-order valence-corrected chi connectivity index (χ4v) is 4.34. The van der Waals surface area contributed by atoms with E-state index in [1.165, 1.54) is 4.90 Å². The van der Waals surface area contributed by atoms with Crippen molar-refractivity contribution in [3.05, 3.63) is 69.2 Å². The molecule has 0 spiro atoms. The van der Waals surface area contributed by atoms with Crippen LogP contribution in [-0.4, -0.2) is 59.4 Å². The minimum atomic E-state index is -0.787. The van der Waals surface area contributed by atoms with Crippen LogP contribution < -0.4 is 4.74 Å². The molecule has 0 aliphatic carbocycles. The van der Waals surface area contributed by atoms with Gasteiger partial charge in [-0.15, -0.1) is 0 Å². The maximum atomic E-state index is 13.2. The Labute approximate surface area is 210 Å². The van der Waals surface area contributed by atoms with Crippen LogP contribution in [0.5, 0.6) is 5.75 Å². The van der Waals surface area contributed by atoms with Crippen molar-refractivity contribution < 1.29 is 19.4 Å². The molecule has 8 heteroatoms. The summed E-state index contributed by atoms with van der Waals surface area (Å²) in [6.07, 6.45) is 0.838. The van der Waals surface area contributed by atoms with Crippen LogP contribution in [0.3, 0.4) is 0 Å². The predicted molar refractivity (Wildman–Crippen MR) is 135 cm³/mol. The highest BCUT2D eigenvalue weighted by Crippen LogP contribution is 2.41. The maximum Gasteiger partial charge on any atom is 0.295 e. The van der Waals surface area contributed by atoms with E-state index in [4.69, 9.17) is 27.9 Å². The molecule has 0 aromatic heterocycles. The summed E-state index contributed by atoms with van der Waals surface area (Å²) in [5.41, 5.74) is 1.03. The summed E-state index contributed by atoms with van der Waals surface area (Å²) < 4.78 is 5.67. The number of benzene rings is 2. The van der Waals surface area contributed by atoms with E-state index in [9.17, 15) is 14.7 Å². The third-order valence-corrected chi connectivity index (χ3v) is 6.67. The fourth-order valence-electron chi connectivity index (χ4n) is 4.04. The zero-order chi connectivity index (χ0) is 24.8. The lowest BCUT2D eigenvalue weighted by Crippen LogP contribution is -2.38. The molecule has 2 aromatic rings. The minimum Gasteiger partial charge on any atom is -0.507 e. The van der Waals surface area contributed by atoms with Gasteiger partial charge in [0.2, 0.25) is 0 Å². The van der Waals surface area contributed by atoms with Crippen molar-refractivity contribution in [3.8, 4) is 5.75 Å². The number of ether oxygens (including phenoxy) is 1. The van der Waals surface area contributed by atoms with E-state index in [1.54, 1.807) is 42.5 Å². The molecular formula is C26H30Cl2N2O4. The number of likely N-dealkylation sites (tertiary alicyclic amines) is 1. The molecule has 1 atom stereocenters. The van der Waals surface area contributed by atoms with Crippen molar-refractivity contribution in [2.75, 3.05) is 32.8 Å². The number of amides is 1. The largest absolute Gasteiger partial charge is 0.507 e. The van der Waals surface area contributed by atoms with Crippen LogP contribution in [0.4, 0.5) is 0 Å². The quantitative estimate of drug-likeness (QED) is 0.261. The van der Waals surface area contributed by atoms with Gasteiger partial charge in [0, 0.05) is 18.7 Å². The van der Waals surface area contributed by atoms with Gasteiger partial charge in [-0.3, -0.25) is 9.59 Å². The predicted octanol–water partition coefficient (Wildman–Crippen LogP) is 5.55. The maximum absolute atomic E-state index is 13.2. The first-order valence-corrected chi connectivity index (χ1v) is 12.3. The number of halogens is 2. The first kappa shape index (κ1) is 26.1. The standard InChI is InChI=1S/C26H30Cl2N2O4/c1-4-14-34-19-9-7-8-18(15-19)24(31)22-23(17-10-11-20(27)21(28)16-17)30(26(33)25(22)32)13-12-29(5-2)6-3/h7-11,15-16,23,31H,4-6,12-14H2,1-3H3/b24-22+. The molecule has 3 rings (SSSR count). The van der Waals surface area contributed by atoms with Crippen LogP contribution in [0, 0.1) is 0 Å². The van der Waals surface area contributed by atoms with Crippen molar-refractivity contribution >= 4 is 40.7 Å². The van der Waals surface area contributed by atoms with Gasteiger partial charge in [0.1, 0.15) is 11.5 Å². The molecule has 182 valence electrons. The van der Waals surface area contributed by atoms with E-state index in [2.05, 4.69) is 4.90 Å². The van der Waals surface area contributed by atoms with Crippen molar-refractivity contribution in [1.29, 1.82) is 0 Å². The van der Waals surface area contributed by atoms with Gasteiger partial charge >= 0.3 is 0 Å². The SMILES string of the molecule is CCCOc1cccc(/C(O)=C2\C(=O)C(=O)N(CCN(CC)CC)C2c2ccc(Cl)c(Cl)c2)c1. The van der Waals surface area contributed by atoms with E-state index in [0.717, 1.165) is 19.5 Å². The Morgan fingerprint density at radius 3 is 2.44 bits per heavy atom. The molecule has 1 aliphatic rings. The van der Waals surface area contributed by atoms with Crippen LogP contribution in [0.2, 0.25) is 10.0 Å². The third kappa shape index (κ3) is 5.57. The molecule has 0 bridgehead atoms. The van der Waals surface area contributed by atoms with Crippen molar-refractivity contribution in [2.24, 2.45) is 0 Å². The molecule has 6 nitrogen and oxygen atoms in total. The molecule has 1 N–H and O–H groups in total. The molecule has 1 aliphatic heterocycles. The number of hydrogen-bond acceptors (Lipinski definition) is 5. The molecule has 2 aromatic carbocycles. The number of carbonyl (C=O) groups excluding carboxylic acids is 2. The smallest absolute Gasteiger partial charge is 0.295 e. The summed E-state index contributed by atoms with van der Waals surface area (Å²) in [7, 11) is 0. The molecule has 1 fully saturated rings. The number of ketones is 1. The van der Waals surface area contributed by atoms with Crippen LogP contribution in [0.25, 0.3) is 5.76 Å². The van der Waals surface area contributed by atoms with E-state index in [-0.39, 0.29) is 11.3 Å². The molecule has 1 saturated heterocycles. The second-order valence-corrected chi connectivity index (χ2v) is 8.88. The van der Waals surface area contributed by atoms with Gasteiger partial charge in [-0.25, -0.2) is 0 Å². The Hall–Kier alpha value is -2.54. The zero-order valence-corrected chi connectivity index (χ0v) is 21.2. The number of nitrogens with zero attached hydrogens (tertiary/aromatic N) is 2. The number of likely N-dealkylation sites (N-methyl/N-ethyl adjacent to an activating group) is 1. The molecule has 34 heavy (non-hydrogen) atoms. The van der Waals surface area contributed by atoms with Crippen LogP contribution >= 0.6 is 23.2 Å². The number of Topliss-reactive ketones (excluding diaryl/α,β-unsaturated/α-hetero) is 1. The van der Waals surface area contributed by atoms with Gasteiger partial charge in [0.15, 0.2) is 0 Å². The van der Waals surface area contributed by atoms with Gasteiger partial charge in [-0.05, 0) is 49.3 Å². The number of aliphatic hydroxyl groups excluding tert-OH is 1. The van der Waals surface area contributed by atoms with E-state index >= 15 is 0 Å². The Balaban J connectivity index is 2.10. The Morgan fingerprint density at radius 1 is 1.06 bits per heavy atom. The van der Waals surface area contributed by atoms with Gasteiger partial charge < -0.3 is 19.6 Å². The first-order chi connectivity index (χ1) is 16.3. The lowest BCUT2D eigenvalue weighted by atomic mass is 9.95. The lowest BCUT2D eigenvalue weighted by Gasteiger charge is -2.28. The van der Waals surface area contributed by atoms with Crippen molar-refractivity contribution in [3.63, 3.8) is 0 Å². The average Bonchev–Trinajstić information content (AvgIpc) is 3.09. The van der Waals surface area contributed by atoms with E-state index in [1.807, 2.05) is 20.8 Å². The summed E-state index contributed by atoms with van der Waals surface area (Å²) in [5.74, 6) is -1.05. The number of rotatable bonds is 10. The van der Waals surface area contributed by atoms with Crippen LogP contribution in [-0.2, 0) is 9.59 Å². The number of aliphatic hydroxyl groups is 1. The highest BCUT2D eigenvalue weighted by atomic mass is 35.5. The molecule has 1 unspecified atom stereocenters. The van der Waals surface area contributed by atoms with Gasteiger partial charge in [-0.2, -0.15) is 0 Å². The topological polar surface area (TPSA) is 70.1 Å². The number of carbonyl (C=O) groups is 2. The lowest BCUT2D eigenvalue weighted by molar-refractivity contribution is -0.140. The second kappa shape index (κ2) is 11.7. The highest BCUT2D eigenvalue weighted by molar-refractivity contribution is 6.46. The monoisotopic (exact) mass is 504 g/mol. The Kier molecular flexibility index (Phi) is 9.00. The van der Waals surface area contributed by atoms with E-state index < -0.39 is 17.7 Å². The summed E-state index contributed by atoms with van der Waals surface area (Å²) in [6.45, 7) is 9.18. The van der Waals surface area contributed by atoms with Crippen LogP contribution in [0.1, 0.15) is 44.4 Å². The molecule has 1 amide bonds. The summed E-state index contributed by atoms with van der Waals surface area (Å²) >= 11 is 12.4. The van der Waals surface area contributed by atoms with Crippen LogP contribution in [0.15, 0.2) is 48.0 Å². The Morgan fingerprint density at radius 2 is 1.79 bits per heavy atom. The summed E-state index contributed by atoms with van der Waals surface area (Å²) in [4.78, 5) is 30.0. The minimum absolute atomic E-state index is 0.0237. The normalized spacial score (nSPS) is 17.6.